The fourth-order valence-corrected chi connectivity index (χ4v) is 1.26. The van der Waals surface area contributed by atoms with E-state index in [1.165, 1.54) is 12.1 Å². The molecule has 0 atom stereocenters. The average Bonchev–Trinajstić information content (AvgIpc) is 2.11. The SMILES string of the molecule is Cc1cc(C(=O)O)cc(C[N+](=O)[O-])c1N. The fraction of sp³-hybridized carbons (Fsp3) is 0.222. The van der Waals surface area contributed by atoms with Crippen molar-refractivity contribution in [3.8, 4) is 0 Å². The smallest absolute Gasteiger partial charge is 0.335 e. The second-order valence-corrected chi connectivity index (χ2v) is 3.16. The molecule has 6 heteroatoms. The molecule has 0 spiro atoms. The summed E-state index contributed by atoms with van der Waals surface area (Å²) in [5.41, 5.74) is 6.66. The van der Waals surface area contributed by atoms with Crippen LogP contribution in [0.3, 0.4) is 0 Å². The lowest BCUT2D eigenvalue weighted by Crippen LogP contribution is -2.07. The maximum Gasteiger partial charge on any atom is 0.335 e. The first-order chi connectivity index (χ1) is 6.91. The van der Waals surface area contributed by atoms with Crippen molar-refractivity contribution in [2.24, 2.45) is 0 Å². The zero-order chi connectivity index (χ0) is 11.6. The summed E-state index contributed by atoms with van der Waals surface area (Å²) in [5, 5.41) is 19.1. The molecular formula is C9H10N2O4. The predicted octanol–water partition coefficient (Wildman–Crippen LogP) is 1.05. The number of carbonyl (C=O) groups is 1. The van der Waals surface area contributed by atoms with Gasteiger partial charge in [0.1, 0.15) is 0 Å². The number of nitrogen functional groups attached to an aromatic ring is 1. The van der Waals surface area contributed by atoms with Gasteiger partial charge >= 0.3 is 5.97 Å². The van der Waals surface area contributed by atoms with Crippen molar-refractivity contribution in [2.75, 3.05) is 5.73 Å². The van der Waals surface area contributed by atoms with Crippen LogP contribution in [0, 0.1) is 17.0 Å². The molecule has 0 saturated heterocycles. The van der Waals surface area contributed by atoms with E-state index in [1.807, 2.05) is 0 Å². The topological polar surface area (TPSA) is 106 Å². The summed E-state index contributed by atoms with van der Waals surface area (Å²) in [7, 11) is 0. The average molecular weight is 210 g/mol. The van der Waals surface area contributed by atoms with Crippen LogP contribution in [0.15, 0.2) is 12.1 Å². The number of aromatic carboxylic acids is 1. The first kappa shape index (κ1) is 11.0. The van der Waals surface area contributed by atoms with E-state index in [4.69, 9.17) is 10.8 Å². The van der Waals surface area contributed by atoms with Crippen molar-refractivity contribution in [2.45, 2.75) is 13.5 Å². The Morgan fingerprint density at radius 1 is 1.60 bits per heavy atom. The van der Waals surface area contributed by atoms with E-state index in [1.54, 1.807) is 6.92 Å². The second-order valence-electron chi connectivity index (χ2n) is 3.16. The first-order valence-corrected chi connectivity index (χ1v) is 4.16. The quantitative estimate of drug-likeness (QED) is 0.440. The number of aryl methyl sites for hydroxylation is 1. The van der Waals surface area contributed by atoms with Gasteiger partial charge in [0.25, 0.3) is 0 Å². The Kier molecular flexibility index (Phi) is 2.89. The molecule has 1 aromatic carbocycles. The maximum absolute atomic E-state index is 10.7. The molecule has 0 aliphatic carbocycles. The van der Waals surface area contributed by atoms with E-state index < -0.39 is 17.4 Å². The zero-order valence-electron chi connectivity index (χ0n) is 8.06. The van der Waals surface area contributed by atoms with Gasteiger partial charge in [-0.3, -0.25) is 10.1 Å². The Balaban J connectivity index is 3.24. The van der Waals surface area contributed by atoms with Crippen LogP contribution in [0.2, 0.25) is 0 Å². The number of nitrogens with two attached hydrogens (primary N) is 1. The molecule has 1 aromatic rings. The molecule has 3 N–H and O–H groups in total. The van der Waals surface area contributed by atoms with Gasteiger partial charge in [-0.2, -0.15) is 0 Å². The van der Waals surface area contributed by atoms with Crippen molar-refractivity contribution in [3.05, 3.63) is 38.9 Å². The fourth-order valence-electron chi connectivity index (χ4n) is 1.26. The van der Waals surface area contributed by atoms with E-state index in [-0.39, 0.29) is 16.8 Å². The van der Waals surface area contributed by atoms with E-state index in [0.29, 0.717) is 5.56 Å². The third-order valence-electron chi connectivity index (χ3n) is 2.02. The molecule has 0 saturated carbocycles. The van der Waals surface area contributed by atoms with Gasteiger partial charge in [0.2, 0.25) is 6.54 Å². The van der Waals surface area contributed by atoms with E-state index >= 15 is 0 Å². The number of carboxylic acid groups (broad SMARTS) is 1. The maximum atomic E-state index is 10.7. The molecule has 15 heavy (non-hydrogen) atoms. The number of carboxylic acids is 1. The lowest BCUT2D eigenvalue weighted by Gasteiger charge is -2.06. The van der Waals surface area contributed by atoms with E-state index in [0.717, 1.165) is 0 Å². The van der Waals surface area contributed by atoms with Gasteiger partial charge < -0.3 is 10.8 Å². The summed E-state index contributed by atoms with van der Waals surface area (Å²) >= 11 is 0. The molecule has 80 valence electrons. The largest absolute Gasteiger partial charge is 0.478 e. The monoisotopic (exact) mass is 210 g/mol. The van der Waals surface area contributed by atoms with E-state index in [9.17, 15) is 14.9 Å². The third-order valence-corrected chi connectivity index (χ3v) is 2.02. The number of anilines is 1. The van der Waals surface area contributed by atoms with Crippen molar-refractivity contribution < 1.29 is 14.8 Å². The number of rotatable bonds is 3. The number of nitro groups is 1. The highest BCUT2D eigenvalue weighted by atomic mass is 16.6. The molecule has 0 aromatic heterocycles. The van der Waals surface area contributed by atoms with Crippen LogP contribution < -0.4 is 5.73 Å². The molecule has 0 heterocycles. The number of nitrogens with zero attached hydrogens (tertiary/aromatic N) is 1. The van der Waals surface area contributed by atoms with Gasteiger partial charge in [0.05, 0.1) is 5.56 Å². The Morgan fingerprint density at radius 3 is 2.67 bits per heavy atom. The Morgan fingerprint density at radius 2 is 2.20 bits per heavy atom. The Labute approximate surface area is 85.5 Å². The standard InChI is InChI=1S/C9H10N2O4/c1-5-2-6(9(12)13)3-7(8(5)10)4-11(14)15/h2-3H,4,10H2,1H3,(H,12,13). The Hall–Kier alpha value is -2.11. The minimum Gasteiger partial charge on any atom is -0.478 e. The molecule has 6 nitrogen and oxygen atoms in total. The predicted molar refractivity (Wildman–Crippen MR) is 53.2 cm³/mol. The van der Waals surface area contributed by atoms with Gasteiger partial charge in [-0.05, 0) is 24.6 Å². The number of hydrogen-bond donors (Lipinski definition) is 2. The third kappa shape index (κ3) is 2.43. The van der Waals surface area contributed by atoms with Gasteiger partial charge in [-0.25, -0.2) is 4.79 Å². The van der Waals surface area contributed by atoms with Crippen LogP contribution in [0.1, 0.15) is 21.5 Å². The molecule has 0 aliphatic rings. The summed E-state index contributed by atoms with van der Waals surface area (Å²) in [6.07, 6.45) is 0. The van der Waals surface area contributed by atoms with Crippen molar-refractivity contribution in [1.82, 2.24) is 0 Å². The highest BCUT2D eigenvalue weighted by molar-refractivity contribution is 5.89. The van der Waals surface area contributed by atoms with Crippen LogP contribution in [-0.2, 0) is 6.54 Å². The zero-order valence-corrected chi connectivity index (χ0v) is 8.06. The van der Waals surface area contributed by atoms with Crippen LogP contribution in [0.4, 0.5) is 5.69 Å². The number of hydrogen-bond acceptors (Lipinski definition) is 4. The highest BCUT2D eigenvalue weighted by Crippen LogP contribution is 2.20. The summed E-state index contributed by atoms with van der Waals surface area (Å²) in [5.74, 6) is -1.12. The molecule has 0 bridgehead atoms. The molecule has 0 radical (unpaired) electrons. The van der Waals surface area contributed by atoms with E-state index in [2.05, 4.69) is 0 Å². The molecule has 0 aliphatic heterocycles. The summed E-state index contributed by atoms with van der Waals surface area (Å²) in [6, 6.07) is 2.62. The molecule has 1 rings (SSSR count). The lowest BCUT2D eigenvalue weighted by atomic mass is 10.0. The summed E-state index contributed by atoms with van der Waals surface area (Å²) in [4.78, 5) is 20.5. The van der Waals surface area contributed by atoms with Gasteiger partial charge in [0.15, 0.2) is 0 Å². The van der Waals surface area contributed by atoms with Gasteiger partial charge in [0, 0.05) is 16.2 Å². The van der Waals surface area contributed by atoms with Crippen LogP contribution in [-0.4, -0.2) is 16.0 Å². The van der Waals surface area contributed by atoms with Crippen LogP contribution in [0.25, 0.3) is 0 Å². The summed E-state index contributed by atoms with van der Waals surface area (Å²) in [6.45, 7) is 1.15. The Bertz CT molecular complexity index is 428. The number of benzene rings is 1. The molecule has 0 amide bonds. The normalized spacial score (nSPS) is 9.93. The van der Waals surface area contributed by atoms with Crippen LogP contribution in [0.5, 0.6) is 0 Å². The van der Waals surface area contributed by atoms with Crippen molar-refractivity contribution in [3.63, 3.8) is 0 Å². The first-order valence-electron chi connectivity index (χ1n) is 4.16. The van der Waals surface area contributed by atoms with Crippen molar-refractivity contribution in [1.29, 1.82) is 0 Å². The van der Waals surface area contributed by atoms with Crippen LogP contribution >= 0.6 is 0 Å². The lowest BCUT2D eigenvalue weighted by molar-refractivity contribution is -0.496. The minimum absolute atomic E-state index is 0.0125. The highest BCUT2D eigenvalue weighted by Gasteiger charge is 2.13. The molecule has 0 fully saturated rings. The molecule has 0 unspecified atom stereocenters. The molecular weight excluding hydrogens is 200 g/mol. The van der Waals surface area contributed by atoms with Crippen molar-refractivity contribution >= 4 is 11.7 Å². The second kappa shape index (κ2) is 3.95. The van der Waals surface area contributed by atoms with Gasteiger partial charge in [-0.1, -0.05) is 0 Å². The minimum atomic E-state index is -1.12. The van der Waals surface area contributed by atoms with Gasteiger partial charge in [-0.15, -0.1) is 0 Å². The summed E-state index contributed by atoms with van der Waals surface area (Å²) < 4.78 is 0.